The number of nitrogens with one attached hydrogen (secondary N) is 2. The molecule has 2 aromatic carbocycles. The molecule has 0 fully saturated rings. The van der Waals surface area contributed by atoms with Gasteiger partial charge in [0.05, 0.1) is 40.4 Å². The summed E-state index contributed by atoms with van der Waals surface area (Å²) in [6.45, 7) is 1.69. The third kappa shape index (κ3) is 5.01. The lowest BCUT2D eigenvalue weighted by Gasteiger charge is -2.08. The summed E-state index contributed by atoms with van der Waals surface area (Å²) in [7, 11) is 0. The molecule has 0 spiro atoms. The first-order valence-electron chi connectivity index (χ1n) is 9.87. The summed E-state index contributed by atoms with van der Waals surface area (Å²) in [5, 5.41) is 2.93. The van der Waals surface area contributed by atoms with Crippen LogP contribution in [0.3, 0.4) is 0 Å². The quantitative estimate of drug-likeness (QED) is 0.414. The number of amides is 1. The minimum Gasteiger partial charge on any atom is -0.461 e. The number of para-hydroxylation sites is 1. The fraction of sp³-hybridized carbons (Fsp3) is 0.136. The molecule has 0 saturated carbocycles. The summed E-state index contributed by atoms with van der Waals surface area (Å²) in [4.78, 5) is 47.0. The molecule has 1 amide bonds. The van der Waals surface area contributed by atoms with Gasteiger partial charge in [0.15, 0.2) is 0 Å². The van der Waals surface area contributed by atoms with Crippen molar-refractivity contribution < 1.29 is 19.1 Å². The number of H-pyrrole nitrogens is 1. The zero-order valence-corrected chi connectivity index (χ0v) is 18.1. The van der Waals surface area contributed by atoms with E-state index < -0.39 is 17.6 Å². The average molecular weight is 468 g/mol. The maximum absolute atomic E-state index is 12.1. The third-order valence-electron chi connectivity index (χ3n) is 4.52. The van der Waals surface area contributed by atoms with Crippen LogP contribution in [0, 0.1) is 0 Å². The highest BCUT2D eigenvalue weighted by molar-refractivity contribution is 6.33. The summed E-state index contributed by atoms with van der Waals surface area (Å²) < 4.78 is 11.7. The molecule has 0 aliphatic carbocycles. The van der Waals surface area contributed by atoms with Crippen molar-refractivity contribution in [2.75, 3.05) is 11.9 Å². The second-order valence-electron chi connectivity index (χ2n) is 6.80. The molecule has 0 unspecified atom stereocenters. The van der Waals surface area contributed by atoms with Crippen molar-refractivity contribution in [2.24, 2.45) is 0 Å². The molecule has 168 valence electrons. The molecule has 0 bridgehead atoms. The molecule has 33 heavy (non-hydrogen) atoms. The lowest BCUT2D eigenvalue weighted by molar-refractivity contribution is 0.0517. The van der Waals surface area contributed by atoms with Gasteiger partial charge in [0.25, 0.3) is 5.56 Å². The van der Waals surface area contributed by atoms with Crippen LogP contribution in [0.15, 0.2) is 59.8 Å². The van der Waals surface area contributed by atoms with Crippen molar-refractivity contribution in [3.8, 4) is 5.69 Å². The number of fused-ring (bicyclic) bond motifs is 1. The molecular formula is C22H18ClN5O5. The average Bonchev–Trinajstić information content (AvgIpc) is 3.26. The van der Waals surface area contributed by atoms with Crippen LogP contribution in [0.4, 0.5) is 10.5 Å². The van der Waals surface area contributed by atoms with Crippen LogP contribution in [0.2, 0.25) is 5.02 Å². The monoisotopic (exact) mass is 467 g/mol. The number of aromatic amines is 1. The van der Waals surface area contributed by atoms with Crippen LogP contribution < -0.4 is 10.9 Å². The minimum atomic E-state index is -0.812. The zero-order valence-electron chi connectivity index (χ0n) is 17.4. The third-order valence-corrected chi connectivity index (χ3v) is 4.82. The summed E-state index contributed by atoms with van der Waals surface area (Å²) >= 11 is 6.38. The molecule has 4 rings (SSSR count). The summed E-state index contributed by atoms with van der Waals surface area (Å²) in [5.74, 6) is -0.812. The number of carbonyl (C=O) groups excluding carboxylic acids is 2. The van der Waals surface area contributed by atoms with Gasteiger partial charge in [-0.15, -0.1) is 0 Å². The number of ether oxygens (including phenoxy) is 2. The van der Waals surface area contributed by atoms with Crippen molar-refractivity contribution in [3.05, 3.63) is 81.8 Å². The Morgan fingerprint density at radius 1 is 1.18 bits per heavy atom. The van der Waals surface area contributed by atoms with E-state index >= 15 is 0 Å². The van der Waals surface area contributed by atoms with E-state index in [1.54, 1.807) is 48.0 Å². The van der Waals surface area contributed by atoms with Gasteiger partial charge in [0.1, 0.15) is 6.61 Å². The molecule has 0 saturated heterocycles. The van der Waals surface area contributed by atoms with Crippen LogP contribution in [0.5, 0.6) is 0 Å². The van der Waals surface area contributed by atoms with Gasteiger partial charge < -0.3 is 19.0 Å². The Hall–Kier alpha value is -4.18. The predicted molar refractivity (Wildman–Crippen MR) is 121 cm³/mol. The zero-order chi connectivity index (χ0) is 23.4. The molecule has 0 aliphatic rings. The molecule has 0 atom stereocenters. The molecule has 10 nitrogen and oxygen atoms in total. The lowest BCUT2D eigenvalue weighted by Crippen LogP contribution is -2.22. The number of halogens is 1. The highest BCUT2D eigenvalue weighted by Gasteiger charge is 2.17. The maximum Gasteiger partial charge on any atom is 0.412 e. The lowest BCUT2D eigenvalue weighted by atomic mass is 10.2. The van der Waals surface area contributed by atoms with E-state index in [-0.39, 0.29) is 18.9 Å². The van der Waals surface area contributed by atoms with Gasteiger partial charge in [-0.2, -0.15) is 0 Å². The van der Waals surface area contributed by atoms with E-state index in [1.165, 1.54) is 12.4 Å². The Labute approximate surface area is 192 Å². The number of anilines is 1. The number of rotatable bonds is 6. The number of hydrogen-bond acceptors (Lipinski definition) is 7. The van der Waals surface area contributed by atoms with E-state index in [1.807, 2.05) is 6.07 Å². The summed E-state index contributed by atoms with van der Waals surface area (Å²) in [6.07, 6.45) is 2.53. The minimum absolute atomic E-state index is 0.0601. The van der Waals surface area contributed by atoms with Gasteiger partial charge in [-0.1, -0.05) is 29.8 Å². The number of aromatic nitrogens is 4. The SMILES string of the molecule is CCOC(=O)c1nc2cc(-n3cnc(COC(=O)Nc4ccccc4)c3)c(Cl)cc2[nH]c1=O. The van der Waals surface area contributed by atoms with Crippen molar-refractivity contribution in [1.29, 1.82) is 0 Å². The molecule has 2 heterocycles. The standard InChI is InChI=1S/C22H18ClN5O5/c1-2-32-21(30)19-20(29)27-16-8-15(23)18(9-17(16)26-19)28-10-14(24-12-28)11-33-22(31)25-13-6-4-3-5-7-13/h3-10,12H,2,11H2,1H3,(H,25,31)(H,27,29). The van der Waals surface area contributed by atoms with Crippen molar-refractivity contribution in [2.45, 2.75) is 13.5 Å². The van der Waals surface area contributed by atoms with Crippen LogP contribution in [0.1, 0.15) is 23.1 Å². The number of hydrogen-bond donors (Lipinski definition) is 2. The normalized spacial score (nSPS) is 10.7. The molecule has 2 N–H and O–H groups in total. The highest BCUT2D eigenvalue weighted by Crippen LogP contribution is 2.25. The molecule has 11 heteroatoms. The van der Waals surface area contributed by atoms with Crippen LogP contribution in [0.25, 0.3) is 16.7 Å². The molecular weight excluding hydrogens is 450 g/mol. The Morgan fingerprint density at radius 2 is 1.97 bits per heavy atom. The van der Waals surface area contributed by atoms with Crippen LogP contribution >= 0.6 is 11.6 Å². The number of nitrogens with zero attached hydrogens (tertiary/aromatic N) is 3. The summed E-state index contributed by atoms with van der Waals surface area (Å²) in [6, 6.07) is 12.0. The maximum atomic E-state index is 12.1. The van der Waals surface area contributed by atoms with E-state index in [2.05, 4.69) is 20.3 Å². The van der Waals surface area contributed by atoms with Gasteiger partial charge in [-0.3, -0.25) is 10.1 Å². The largest absolute Gasteiger partial charge is 0.461 e. The van der Waals surface area contributed by atoms with E-state index in [0.717, 1.165) is 0 Å². The Kier molecular flexibility index (Phi) is 6.36. The van der Waals surface area contributed by atoms with Gasteiger partial charge in [-0.05, 0) is 31.2 Å². The van der Waals surface area contributed by atoms with Crippen LogP contribution in [-0.2, 0) is 16.1 Å². The van der Waals surface area contributed by atoms with E-state index in [9.17, 15) is 14.4 Å². The van der Waals surface area contributed by atoms with E-state index in [4.69, 9.17) is 21.1 Å². The van der Waals surface area contributed by atoms with Gasteiger partial charge in [0, 0.05) is 11.9 Å². The Morgan fingerprint density at radius 3 is 2.73 bits per heavy atom. The number of esters is 1. The van der Waals surface area contributed by atoms with Gasteiger partial charge in [0.2, 0.25) is 5.69 Å². The summed E-state index contributed by atoms with van der Waals surface area (Å²) in [5.41, 5.74) is 1.29. The van der Waals surface area contributed by atoms with Gasteiger partial charge in [-0.25, -0.2) is 19.6 Å². The predicted octanol–water partition coefficient (Wildman–Crippen LogP) is 3.69. The number of carbonyl (C=O) groups is 2. The molecule has 4 aromatic rings. The first-order valence-corrected chi connectivity index (χ1v) is 10.2. The second kappa shape index (κ2) is 9.53. The Bertz CT molecular complexity index is 1380. The fourth-order valence-electron chi connectivity index (χ4n) is 3.02. The number of imidazole rings is 1. The van der Waals surface area contributed by atoms with Crippen molar-refractivity contribution in [3.63, 3.8) is 0 Å². The number of benzene rings is 2. The highest BCUT2D eigenvalue weighted by atomic mass is 35.5. The fourth-order valence-corrected chi connectivity index (χ4v) is 3.28. The molecule has 0 radical (unpaired) electrons. The smallest absolute Gasteiger partial charge is 0.412 e. The van der Waals surface area contributed by atoms with Gasteiger partial charge >= 0.3 is 12.1 Å². The van der Waals surface area contributed by atoms with Crippen molar-refractivity contribution >= 4 is 40.4 Å². The Balaban J connectivity index is 1.53. The van der Waals surface area contributed by atoms with E-state index in [0.29, 0.717) is 33.1 Å². The first-order chi connectivity index (χ1) is 15.9. The second-order valence-corrected chi connectivity index (χ2v) is 7.20. The molecule has 2 aromatic heterocycles. The first kappa shape index (κ1) is 22.0. The topological polar surface area (TPSA) is 128 Å². The van der Waals surface area contributed by atoms with Crippen molar-refractivity contribution in [1.82, 2.24) is 19.5 Å². The van der Waals surface area contributed by atoms with Crippen LogP contribution in [-0.4, -0.2) is 38.2 Å². The molecule has 0 aliphatic heterocycles.